The van der Waals surface area contributed by atoms with E-state index in [1.54, 1.807) is 25.6 Å². The van der Waals surface area contributed by atoms with E-state index in [1.165, 1.54) is 0 Å². The van der Waals surface area contributed by atoms with Gasteiger partial charge in [-0.2, -0.15) is 0 Å². The molecule has 5 aromatic rings. The number of rotatable bonds is 15. The van der Waals surface area contributed by atoms with Gasteiger partial charge in [-0.3, -0.25) is 9.59 Å². The Morgan fingerprint density at radius 3 is 2.23 bits per heavy atom. The summed E-state index contributed by atoms with van der Waals surface area (Å²) in [5.74, 6) is 0.520. The lowest BCUT2D eigenvalue weighted by molar-refractivity contribution is -0.146. The number of aliphatic carboxylic acids is 1. The van der Waals surface area contributed by atoms with Crippen LogP contribution in [0.25, 0.3) is 10.9 Å². The van der Waals surface area contributed by atoms with Crippen molar-refractivity contribution in [3.8, 4) is 11.5 Å². The molecule has 7 nitrogen and oxygen atoms in total. The highest BCUT2D eigenvalue weighted by atomic mass is 35.5. The number of carboxylic acids is 1. The van der Waals surface area contributed by atoms with Gasteiger partial charge in [0, 0.05) is 50.6 Å². The predicted octanol–water partition coefficient (Wildman–Crippen LogP) is 9.78. The van der Waals surface area contributed by atoms with Gasteiger partial charge in [-0.1, -0.05) is 87.0 Å². The Hall–Kier alpha value is -4.24. The Kier molecular flexibility index (Phi) is 11.9. The summed E-state index contributed by atoms with van der Waals surface area (Å²) in [5, 5.41) is 15.3. The molecule has 0 saturated carbocycles. The molecule has 1 fully saturated rings. The quantitative estimate of drug-likeness (QED) is 0.103. The van der Waals surface area contributed by atoms with Gasteiger partial charge in [-0.15, -0.1) is 11.8 Å². The molecule has 0 spiro atoms. The monoisotopic (exact) mass is 752 g/mol. The Bertz CT molecular complexity index is 2030. The first kappa shape index (κ1) is 38.5. The molecule has 0 amide bonds. The van der Waals surface area contributed by atoms with Crippen LogP contribution in [-0.2, 0) is 35.6 Å². The Morgan fingerprint density at radius 1 is 0.906 bits per heavy atom. The van der Waals surface area contributed by atoms with E-state index in [2.05, 4.69) is 30.7 Å². The average molecular weight is 753 g/mol. The zero-order valence-corrected chi connectivity index (χ0v) is 32.7. The second kappa shape index (κ2) is 16.4. The molecule has 1 aliphatic heterocycles. The van der Waals surface area contributed by atoms with Crippen LogP contribution in [0.4, 0.5) is 0 Å². The number of Topliss-reactive ketones (excluding diaryl/α,β-unsaturated/α-hetero) is 1. The maximum Gasteiger partial charge on any atom is 0.309 e. The van der Waals surface area contributed by atoms with E-state index in [-0.39, 0.29) is 23.0 Å². The summed E-state index contributed by atoms with van der Waals surface area (Å²) in [7, 11) is 0. The van der Waals surface area contributed by atoms with E-state index < -0.39 is 17.5 Å². The van der Waals surface area contributed by atoms with Crippen molar-refractivity contribution in [2.75, 3.05) is 6.54 Å². The van der Waals surface area contributed by atoms with Gasteiger partial charge < -0.3 is 24.5 Å². The fourth-order valence-electron chi connectivity index (χ4n) is 6.71. The van der Waals surface area contributed by atoms with Gasteiger partial charge in [0.1, 0.15) is 18.1 Å². The minimum atomic E-state index is -1.00. The van der Waals surface area contributed by atoms with Crippen LogP contribution in [0.2, 0.25) is 5.02 Å². The fourth-order valence-corrected chi connectivity index (χ4v) is 8.02. The third-order valence-electron chi connectivity index (χ3n) is 9.54. The molecule has 1 saturated heterocycles. The van der Waals surface area contributed by atoms with Gasteiger partial charge >= 0.3 is 5.97 Å². The first-order chi connectivity index (χ1) is 25.3. The van der Waals surface area contributed by atoms with E-state index >= 15 is 0 Å². The summed E-state index contributed by atoms with van der Waals surface area (Å²) in [6.45, 7) is 11.9. The molecule has 0 radical (unpaired) electrons. The van der Waals surface area contributed by atoms with Gasteiger partial charge in [-0.05, 0) is 92.4 Å². The Morgan fingerprint density at radius 2 is 1.58 bits per heavy atom. The van der Waals surface area contributed by atoms with Gasteiger partial charge in [0.25, 0.3) is 0 Å². The molecule has 0 bridgehead atoms. The minimum Gasteiger partial charge on any atom is -0.489 e. The number of thioether (sulfide) groups is 1. The molecular weight excluding hydrogens is 704 g/mol. The second-order valence-electron chi connectivity index (χ2n) is 15.6. The minimum absolute atomic E-state index is 0.0101. The van der Waals surface area contributed by atoms with Gasteiger partial charge in [0.05, 0.1) is 11.5 Å². The van der Waals surface area contributed by atoms with E-state index in [9.17, 15) is 14.7 Å². The number of benzene rings is 4. The third kappa shape index (κ3) is 9.85. The molecule has 1 aliphatic rings. The second-order valence-corrected chi connectivity index (χ2v) is 17.8. The topological polar surface area (TPSA) is 89.8 Å². The van der Waals surface area contributed by atoms with Crippen molar-refractivity contribution in [2.45, 2.75) is 95.2 Å². The number of carbonyl (C=O) groups is 2. The highest BCUT2D eigenvalue weighted by Gasteiger charge is 2.35. The molecule has 1 aromatic heterocycles. The van der Waals surface area contributed by atoms with Crippen LogP contribution < -0.4 is 14.8 Å². The van der Waals surface area contributed by atoms with Crippen molar-refractivity contribution < 1.29 is 24.2 Å². The third-order valence-corrected chi connectivity index (χ3v) is 11.1. The summed E-state index contributed by atoms with van der Waals surface area (Å²) in [5.41, 5.74) is 3.99. The number of hydrogen-bond donors (Lipinski definition) is 2. The van der Waals surface area contributed by atoms with E-state index in [1.807, 2.05) is 97.1 Å². The summed E-state index contributed by atoms with van der Waals surface area (Å²) in [4.78, 5) is 27.5. The zero-order valence-electron chi connectivity index (χ0n) is 31.2. The Balaban J connectivity index is 1.31. The number of ketones is 1. The number of hydrogen-bond acceptors (Lipinski definition) is 6. The van der Waals surface area contributed by atoms with Crippen LogP contribution in [-0.4, -0.2) is 44.9 Å². The van der Waals surface area contributed by atoms with Gasteiger partial charge in [0.15, 0.2) is 11.9 Å². The lowest BCUT2D eigenvalue weighted by atomic mass is 9.88. The lowest BCUT2D eigenvalue weighted by Crippen LogP contribution is -2.45. The molecule has 2 heterocycles. The van der Waals surface area contributed by atoms with Crippen molar-refractivity contribution in [2.24, 2.45) is 5.41 Å². The summed E-state index contributed by atoms with van der Waals surface area (Å²) in [6.07, 6.45) is 1.72. The SMILES string of the molecule is CC(C)(C)Sc1c(CC(C)(C)C(=O)O)n(Cc2ccc(Cl)cc2)c2ccc(OC(C(=O)Cc3ccc(OCc4ccccc4)cc3)C3CCCN3)cc12. The molecule has 4 aromatic carbocycles. The van der Waals surface area contributed by atoms with Crippen LogP contribution in [0.15, 0.2) is 102 Å². The average Bonchev–Trinajstić information content (AvgIpc) is 3.74. The lowest BCUT2D eigenvalue weighted by Gasteiger charge is -2.24. The van der Waals surface area contributed by atoms with Gasteiger partial charge in [0.2, 0.25) is 0 Å². The number of halogens is 1. The molecule has 9 heteroatoms. The number of carboxylic acid groups (broad SMARTS) is 1. The number of nitrogens with zero attached hydrogens (tertiary/aromatic N) is 1. The van der Waals surface area contributed by atoms with E-state index in [0.717, 1.165) is 63.3 Å². The number of aromatic nitrogens is 1. The van der Waals surface area contributed by atoms with Crippen LogP contribution in [0.5, 0.6) is 11.5 Å². The van der Waals surface area contributed by atoms with Crippen LogP contribution in [0, 0.1) is 5.41 Å². The van der Waals surface area contributed by atoms with Crippen molar-refractivity contribution in [1.29, 1.82) is 0 Å². The van der Waals surface area contributed by atoms with Crippen molar-refractivity contribution in [3.05, 3.63) is 124 Å². The Labute approximate surface area is 322 Å². The molecule has 2 unspecified atom stereocenters. The highest BCUT2D eigenvalue weighted by Crippen LogP contribution is 2.44. The molecule has 6 rings (SSSR count). The van der Waals surface area contributed by atoms with Gasteiger partial charge in [-0.25, -0.2) is 0 Å². The van der Waals surface area contributed by atoms with Crippen molar-refractivity contribution in [1.82, 2.24) is 9.88 Å². The summed E-state index contributed by atoms with van der Waals surface area (Å²) in [6, 6.07) is 31.4. The first-order valence-electron chi connectivity index (χ1n) is 18.3. The molecular formula is C44H49ClN2O5S. The van der Waals surface area contributed by atoms with E-state index in [4.69, 9.17) is 21.1 Å². The maximum atomic E-state index is 14.1. The molecule has 53 heavy (non-hydrogen) atoms. The van der Waals surface area contributed by atoms with Crippen LogP contribution >= 0.6 is 23.4 Å². The molecule has 0 aliphatic carbocycles. The highest BCUT2D eigenvalue weighted by molar-refractivity contribution is 8.00. The fraction of sp³-hybridized carbons (Fsp3) is 0.364. The normalized spacial score (nSPS) is 15.4. The maximum absolute atomic E-state index is 14.1. The molecule has 2 atom stereocenters. The first-order valence-corrected chi connectivity index (χ1v) is 19.5. The standard InChI is InChI=1S/C44H49ClN2O5S/c1-43(2,3)53-41-35-25-34(21-22-37(35)47(27-30-13-17-32(45)18-14-30)38(41)26-44(4,5)42(49)50)52-40(36-12-9-23-46-36)39(48)24-29-15-19-33(20-16-29)51-28-31-10-7-6-8-11-31/h6-8,10-11,13-22,25,36,40,46H,9,12,23-24,26-28H2,1-5H3,(H,49,50). The van der Waals surface area contributed by atoms with Crippen LogP contribution in [0.3, 0.4) is 0 Å². The summed E-state index contributed by atoms with van der Waals surface area (Å²) >= 11 is 7.95. The molecule has 278 valence electrons. The molecule has 2 N–H and O–H groups in total. The number of ether oxygens (including phenoxy) is 2. The predicted molar refractivity (Wildman–Crippen MR) is 215 cm³/mol. The largest absolute Gasteiger partial charge is 0.489 e. The van der Waals surface area contributed by atoms with Crippen LogP contribution in [0.1, 0.15) is 69.8 Å². The smallest absolute Gasteiger partial charge is 0.309 e. The summed E-state index contributed by atoms with van der Waals surface area (Å²) < 4.78 is 14.7. The number of carbonyl (C=O) groups excluding carboxylic acids is 1. The number of fused-ring (bicyclic) bond motifs is 1. The van der Waals surface area contributed by atoms with Crippen molar-refractivity contribution >= 4 is 46.0 Å². The zero-order chi connectivity index (χ0) is 37.8. The van der Waals surface area contributed by atoms with E-state index in [0.29, 0.717) is 30.3 Å². The van der Waals surface area contributed by atoms with Crippen molar-refractivity contribution in [3.63, 3.8) is 0 Å². The number of nitrogens with one attached hydrogen (secondary N) is 1.